The molecule has 4 aromatic rings. The molecule has 0 radical (unpaired) electrons. The minimum absolute atomic E-state index is 0.0695. The summed E-state index contributed by atoms with van der Waals surface area (Å²) in [7, 11) is -3.80. The van der Waals surface area contributed by atoms with Gasteiger partial charge in [0.1, 0.15) is 5.65 Å². The lowest BCUT2D eigenvalue weighted by molar-refractivity contribution is 0.0713. The van der Waals surface area contributed by atoms with Crippen LogP contribution in [0, 0.1) is 6.92 Å². The van der Waals surface area contributed by atoms with Gasteiger partial charge in [-0.25, -0.2) is 13.4 Å². The molecule has 0 spiro atoms. The van der Waals surface area contributed by atoms with Crippen LogP contribution in [0.15, 0.2) is 78.0 Å². The molecule has 8 heteroatoms. The molecule has 1 saturated heterocycles. The summed E-state index contributed by atoms with van der Waals surface area (Å²) in [5, 5.41) is 1.13. The third kappa shape index (κ3) is 4.41. The highest BCUT2D eigenvalue weighted by atomic mass is 32.2. The molecule has 0 saturated carbocycles. The zero-order valence-corrected chi connectivity index (χ0v) is 19.7. The number of H-pyrrole nitrogens is 1. The van der Waals surface area contributed by atoms with E-state index in [0.717, 1.165) is 29.4 Å². The Morgan fingerprint density at radius 3 is 2.59 bits per heavy atom. The number of rotatable bonds is 5. The molecule has 0 unspecified atom stereocenters. The Morgan fingerprint density at radius 1 is 1.06 bits per heavy atom. The third-order valence-corrected chi connectivity index (χ3v) is 7.78. The van der Waals surface area contributed by atoms with Crippen molar-refractivity contribution in [3.63, 3.8) is 0 Å². The van der Waals surface area contributed by atoms with E-state index >= 15 is 0 Å². The Labute approximate surface area is 198 Å². The number of hydrogen-bond donors (Lipinski definition) is 2. The van der Waals surface area contributed by atoms with E-state index in [9.17, 15) is 13.2 Å². The Bertz CT molecular complexity index is 1440. The average Bonchev–Trinajstić information content (AvgIpc) is 3.29. The minimum atomic E-state index is -3.80. The maximum absolute atomic E-state index is 13.2. The number of aryl methyl sites for hydroxylation is 1. The maximum Gasteiger partial charge on any atom is 0.261 e. The third-order valence-electron chi connectivity index (χ3n) is 6.40. The van der Waals surface area contributed by atoms with Crippen LogP contribution in [0.25, 0.3) is 11.0 Å². The summed E-state index contributed by atoms with van der Waals surface area (Å²) in [5.74, 6) is 0.207. The molecule has 2 aromatic carbocycles. The fourth-order valence-electron chi connectivity index (χ4n) is 4.52. The van der Waals surface area contributed by atoms with Crippen LogP contribution in [0.4, 0.5) is 5.69 Å². The van der Waals surface area contributed by atoms with E-state index in [0.29, 0.717) is 30.3 Å². The van der Waals surface area contributed by atoms with Crippen LogP contribution >= 0.6 is 0 Å². The molecule has 5 rings (SSSR count). The summed E-state index contributed by atoms with van der Waals surface area (Å²) in [6, 6.07) is 17.4. The molecule has 1 amide bonds. The second-order valence-electron chi connectivity index (χ2n) is 8.71. The van der Waals surface area contributed by atoms with Gasteiger partial charge in [-0.05, 0) is 73.7 Å². The van der Waals surface area contributed by atoms with Crippen molar-refractivity contribution in [1.29, 1.82) is 0 Å². The zero-order chi connectivity index (χ0) is 23.7. The average molecular weight is 475 g/mol. The highest BCUT2D eigenvalue weighted by Gasteiger charge is 2.27. The number of pyridine rings is 1. The van der Waals surface area contributed by atoms with E-state index < -0.39 is 10.0 Å². The minimum Gasteiger partial charge on any atom is -0.346 e. The maximum atomic E-state index is 13.2. The van der Waals surface area contributed by atoms with Gasteiger partial charge >= 0.3 is 0 Å². The largest absolute Gasteiger partial charge is 0.346 e. The molecule has 2 aromatic heterocycles. The number of amides is 1. The zero-order valence-electron chi connectivity index (χ0n) is 18.9. The lowest BCUT2D eigenvalue weighted by Gasteiger charge is -2.32. The molecule has 3 heterocycles. The number of likely N-dealkylation sites (tertiary alicyclic amines) is 1. The summed E-state index contributed by atoms with van der Waals surface area (Å²) in [5.41, 5.74) is 4.03. The van der Waals surface area contributed by atoms with Gasteiger partial charge in [0.05, 0.1) is 4.90 Å². The number of aromatic amines is 1. The van der Waals surface area contributed by atoms with Gasteiger partial charge in [0.15, 0.2) is 0 Å². The first-order valence-corrected chi connectivity index (χ1v) is 12.8. The SMILES string of the molecule is Cc1ccc(NS(=O)(=O)c2cccc(C(=O)N3CCC(c4c[nH]c5ncccc45)CC3)c2)cc1. The normalized spacial score (nSPS) is 14.9. The van der Waals surface area contributed by atoms with Crippen molar-refractivity contribution in [3.8, 4) is 0 Å². The Balaban J connectivity index is 1.28. The van der Waals surface area contributed by atoms with E-state index in [1.807, 2.05) is 36.2 Å². The van der Waals surface area contributed by atoms with Gasteiger partial charge in [-0.1, -0.05) is 23.8 Å². The van der Waals surface area contributed by atoms with Crippen molar-refractivity contribution < 1.29 is 13.2 Å². The lowest BCUT2D eigenvalue weighted by atomic mass is 9.89. The van der Waals surface area contributed by atoms with E-state index in [4.69, 9.17) is 0 Å². The molecule has 2 N–H and O–H groups in total. The van der Waals surface area contributed by atoms with Gasteiger partial charge in [-0.3, -0.25) is 9.52 Å². The van der Waals surface area contributed by atoms with Crippen LogP contribution in [-0.2, 0) is 10.0 Å². The van der Waals surface area contributed by atoms with Crippen molar-refractivity contribution in [2.75, 3.05) is 17.8 Å². The van der Waals surface area contributed by atoms with Crippen molar-refractivity contribution in [3.05, 3.63) is 89.7 Å². The van der Waals surface area contributed by atoms with Crippen LogP contribution in [-0.4, -0.2) is 42.3 Å². The van der Waals surface area contributed by atoms with Crippen LogP contribution < -0.4 is 4.72 Å². The second-order valence-corrected chi connectivity index (χ2v) is 10.4. The highest BCUT2D eigenvalue weighted by molar-refractivity contribution is 7.92. The standard InChI is InChI=1S/C26H26N4O3S/c1-18-7-9-21(10-8-18)29-34(32,33)22-5-2-4-20(16-22)26(31)30-14-11-19(12-15-30)24-17-28-25-23(24)6-3-13-27-25/h2-10,13,16-17,19,29H,11-12,14-15H2,1H3,(H,27,28). The van der Waals surface area contributed by atoms with Crippen molar-refractivity contribution in [2.45, 2.75) is 30.6 Å². The van der Waals surface area contributed by atoms with Crippen molar-refractivity contribution in [2.24, 2.45) is 0 Å². The van der Waals surface area contributed by atoms with Gasteiger partial charge in [0.25, 0.3) is 15.9 Å². The molecule has 1 aliphatic heterocycles. The quantitative estimate of drug-likeness (QED) is 0.439. The predicted molar refractivity (Wildman–Crippen MR) is 132 cm³/mol. The predicted octanol–water partition coefficient (Wildman–Crippen LogP) is 4.69. The van der Waals surface area contributed by atoms with E-state index in [2.05, 4.69) is 20.8 Å². The summed E-state index contributed by atoms with van der Waals surface area (Å²) in [6.45, 7) is 3.18. The van der Waals surface area contributed by atoms with Crippen LogP contribution in [0.1, 0.15) is 40.2 Å². The Morgan fingerprint density at radius 2 is 1.82 bits per heavy atom. The van der Waals surface area contributed by atoms with E-state index in [1.54, 1.807) is 30.5 Å². The molecule has 0 bridgehead atoms. The van der Waals surface area contributed by atoms with Gasteiger partial charge in [-0.15, -0.1) is 0 Å². The van der Waals surface area contributed by atoms with Gasteiger partial charge in [0, 0.05) is 42.1 Å². The van der Waals surface area contributed by atoms with E-state index in [-0.39, 0.29) is 10.8 Å². The van der Waals surface area contributed by atoms with E-state index in [1.165, 1.54) is 17.7 Å². The number of benzene rings is 2. The van der Waals surface area contributed by atoms with Crippen LogP contribution in [0.3, 0.4) is 0 Å². The van der Waals surface area contributed by atoms with Gasteiger partial charge in [-0.2, -0.15) is 0 Å². The molecule has 174 valence electrons. The number of anilines is 1. The van der Waals surface area contributed by atoms with Gasteiger partial charge < -0.3 is 9.88 Å². The summed E-state index contributed by atoms with van der Waals surface area (Å²) >= 11 is 0. The summed E-state index contributed by atoms with van der Waals surface area (Å²) in [4.78, 5) is 22.6. The number of piperidine rings is 1. The number of hydrogen-bond acceptors (Lipinski definition) is 4. The highest BCUT2D eigenvalue weighted by Crippen LogP contribution is 2.33. The molecule has 0 aliphatic carbocycles. The number of carbonyl (C=O) groups excluding carboxylic acids is 1. The van der Waals surface area contributed by atoms with Gasteiger partial charge in [0.2, 0.25) is 0 Å². The molecule has 1 fully saturated rings. The number of nitrogens with zero attached hydrogens (tertiary/aromatic N) is 2. The molecule has 7 nitrogen and oxygen atoms in total. The first-order chi connectivity index (χ1) is 16.4. The number of sulfonamides is 1. The number of nitrogens with one attached hydrogen (secondary N) is 2. The lowest BCUT2D eigenvalue weighted by Crippen LogP contribution is -2.38. The molecule has 34 heavy (non-hydrogen) atoms. The fourth-order valence-corrected chi connectivity index (χ4v) is 5.63. The van der Waals surface area contributed by atoms with Crippen molar-refractivity contribution >= 4 is 32.7 Å². The number of aromatic nitrogens is 2. The Hall–Kier alpha value is -3.65. The molecule has 0 atom stereocenters. The first kappa shape index (κ1) is 22.2. The molecule has 1 aliphatic rings. The number of carbonyl (C=O) groups is 1. The topological polar surface area (TPSA) is 95.2 Å². The summed E-state index contributed by atoms with van der Waals surface area (Å²) < 4.78 is 28.3. The smallest absolute Gasteiger partial charge is 0.261 e. The van der Waals surface area contributed by atoms with Crippen LogP contribution in [0.5, 0.6) is 0 Å². The second kappa shape index (κ2) is 8.95. The summed E-state index contributed by atoms with van der Waals surface area (Å²) in [6.07, 6.45) is 5.49. The Kier molecular flexibility index (Phi) is 5.83. The monoisotopic (exact) mass is 474 g/mol. The number of fused-ring (bicyclic) bond motifs is 1. The fraction of sp³-hybridized carbons (Fsp3) is 0.231. The molecular weight excluding hydrogens is 448 g/mol. The first-order valence-electron chi connectivity index (χ1n) is 11.3. The molecular formula is C26H26N4O3S. The van der Waals surface area contributed by atoms with Crippen LogP contribution in [0.2, 0.25) is 0 Å². The van der Waals surface area contributed by atoms with Crippen molar-refractivity contribution in [1.82, 2.24) is 14.9 Å².